The summed E-state index contributed by atoms with van der Waals surface area (Å²) in [5, 5.41) is 2.99. The number of hydrogen-bond acceptors (Lipinski definition) is 3. The van der Waals surface area contributed by atoms with Crippen LogP contribution in [0, 0.1) is 6.92 Å². The van der Waals surface area contributed by atoms with Gasteiger partial charge in [0.25, 0.3) is 0 Å². The molecule has 2 saturated heterocycles. The molecule has 2 aliphatic heterocycles. The van der Waals surface area contributed by atoms with Gasteiger partial charge in [-0.3, -0.25) is 4.79 Å². The van der Waals surface area contributed by atoms with Crippen molar-refractivity contribution in [1.82, 2.24) is 4.90 Å². The minimum atomic E-state index is -0.108. The molecule has 0 aromatic heterocycles. The van der Waals surface area contributed by atoms with Gasteiger partial charge in [-0.15, -0.1) is 0 Å². The maximum Gasteiger partial charge on any atom is 0.322 e. The topological polar surface area (TPSA) is 61.9 Å². The molecule has 28 heavy (non-hydrogen) atoms. The summed E-state index contributed by atoms with van der Waals surface area (Å²) in [7, 11) is 1.64. The van der Waals surface area contributed by atoms with Crippen molar-refractivity contribution in [2.24, 2.45) is 0 Å². The number of benzene rings is 2. The van der Waals surface area contributed by atoms with E-state index in [2.05, 4.69) is 5.32 Å². The van der Waals surface area contributed by atoms with Gasteiger partial charge in [-0.2, -0.15) is 0 Å². The molecule has 2 heterocycles. The number of anilines is 2. The summed E-state index contributed by atoms with van der Waals surface area (Å²) >= 11 is 0. The van der Waals surface area contributed by atoms with Gasteiger partial charge < -0.3 is 19.9 Å². The first-order chi connectivity index (χ1) is 13.6. The average Bonchev–Trinajstić information content (AvgIpc) is 3.07. The summed E-state index contributed by atoms with van der Waals surface area (Å²) in [5.74, 6) is 0.967. The maximum atomic E-state index is 12.8. The van der Waals surface area contributed by atoms with E-state index in [1.165, 1.54) is 0 Å². The Kier molecular flexibility index (Phi) is 4.94. The molecule has 0 unspecified atom stereocenters. The van der Waals surface area contributed by atoms with Gasteiger partial charge in [-0.05, 0) is 61.2 Å². The lowest BCUT2D eigenvalue weighted by molar-refractivity contribution is -0.117. The molecule has 0 saturated carbocycles. The van der Waals surface area contributed by atoms with Crippen LogP contribution in [0.4, 0.5) is 16.2 Å². The van der Waals surface area contributed by atoms with Crippen molar-refractivity contribution in [1.29, 1.82) is 0 Å². The maximum absolute atomic E-state index is 12.8. The van der Waals surface area contributed by atoms with Crippen molar-refractivity contribution in [3.63, 3.8) is 0 Å². The fourth-order valence-corrected chi connectivity index (χ4v) is 3.96. The van der Waals surface area contributed by atoms with Crippen molar-refractivity contribution >= 4 is 23.3 Å². The second-order valence-electron chi connectivity index (χ2n) is 7.35. The smallest absolute Gasteiger partial charge is 0.322 e. The van der Waals surface area contributed by atoms with Crippen LogP contribution in [-0.4, -0.2) is 37.0 Å². The number of amides is 3. The molecule has 6 heteroatoms. The van der Waals surface area contributed by atoms with E-state index in [1.807, 2.05) is 59.2 Å². The summed E-state index contributed by atoms with van der Waals surface area (Å²) in [4.78, 5) is 28.4. The quantitative estimate of drug-likeness (QED) is 0.870. The van der Waals surface area contributed by atoms with Crippen molar-refractivity contribution in [3.05, 3.63) is 53.6 Å². The van der Waals surface area contributed by atoms with Gasteiger partial charge >= 0.3 is 6.03 Å². The molecule has 0 bridgehead atoms. The lowest BCUT2D eigenvalue weighted by atomic mass is 9.95. The van der Waals surface area contributed by atoms with Gasteiger partial charge in [0.15, 0.2) is 0 Å². The third-order valence-electron chi connectivity index (χ3n) is 5.57. The molecular weight excluding hydrogens is 354 g/mol. The zero-order valence-electron chi connectivity index (χ0n) is 16.3. The standard InChI is InChI=1S/C22H25N3O3/c1-15-13-17(8-9-19(15)24-11-4-7-21(24)26)23-22(27)25-12-10-20(25)16-5-3-6-18(14-16)28-2/h3,5-6,8-9,13-14,20H,4,7,10-12H2,1-2H3,(H,23,27)/t20-/m0/s1. The number of ether oxygens (including phenoxy) is 1. The summed E-state index contributed by atoms with van der Waals surface area (Å²) < 4.78 is 5.29. The average molecular weight is 379 g/mol. The molecule has 4 rings (SSSR count). The predicted molar refractivity (Wildman–Crippen MR) is 109 cm³/mol. The van der Waals surface area contributed by atoms with Crippen LogP contribution in [0.15, 0.2) is 42.5 Å². The first kappa shape index (κ1) is 18.3. The first-order valence-electron chi connectivity index (χ1n) is 9.69. The number of rotatable bonds is 4. The van der Waals surface area contributed by atoms with Gasteiger partial charge in [0, 0.05) is 30.9 Å². The minimum Gasteiger partial charge on any atom is -0.497 e. The molecule has 1 N–H and O–H groups in total. The summed E-state index contributed by atoms with van der Waals surface area (Å²) in [6.45, 7) is 3.47. The van der Waals surface area contributed by atoms with Gasteiger partial charge in [0.2, 0.25) is 5.91 Å². The number of carbonyl (C=O) groups is 2. The summed E-state index contributed by atoms with van der Waals surface area (Å²) in [6.07, 6.45) is 2.45. The van der Waals surface area contributed by atoms with Crippen molar-refractivity contribution in [3.8, 4) is 5.75 Å². The highest BCUT2D eigenvalue weighted by atomic mass is 16.5. The fraction of sp³-hybridized carbons (Fsp3) is 0.364. The van der Waals surface area contributed by atoms with Crippen molar-refractivity contribution in [2.75, 3.05) is 30.4 Å². The molecule has 3 amide bonds. The van der Waals surface area contributed by atoms with E-state index in [9.17, 15) is 9.59 Å². The second-order valence-corrected chi connectivity index (χ2v) is 7.35. The molecule has 0 spiro atoms. The summed E-state index contributed by atoms with van der Waals surface area (Å²) in [6, 6.07) is 13.5. The molecule has 1 atom stereocenters. The van der Waals surface area contributed by atoms with Gasteiger partial charge in [0.05, 0.1) is 13.2 Å². The van der Waals surface area contributed by atoms with Gasteiger partial charge in [-0.25, -0.2) is 4.79 Å². The van der Waals surface area contributed by atoms with Crippen LogP contribution in [0.3, 0.4) is 0 Å². The molecule has 2 aromatic rings. The highest BCUT2D eigenvalue weighted by Crippen LogP contribution is 2.35. The highest BCUT2D eigenvalue weighted by Gasteiger charge is 2.33. The third kappa shape index (κ3) is 3.42. The lowest BCUT2D eigenvalue weighted by Gasteiger charge is -2.41. The Balaban J connectivity index is 1.45. The first-order valence-corrected chi connectivity index (χ1v) is 9.69. The molecule has 2 fully saturated rings. The van der Waals surface area contributed by atoms with Gasteiger partial charge in [-0.1, -0.05) is 12.1 Å². The SMILES string of the molecule is COc1cccc([C@@H]2CCN2C(=O)Nc2ccc(N3CCCC3=O)c(C)c2)c1. The normalized spacial score (nSPS) is 18.8. The van der Waals surface area contributed by atoms with Crippen LogP contribution in [0.5, 0.6) is 5.75 Å². The molecule has 2 aromatic carbocycles. The zero-order valence-corrected chi connectivity index (χ0v) is 16.3. The zero-order chi connectivity index (χ0) is 19.7. The fourth-order valence-electron chi connectivity index (χ4n) is 3.96. The van der Waals surface area contributed by atoms with E-state index in [0.29, 0.717) is 6.42 Å². The lowest BCUT2D eigenvalue weighted by Crippen LogP contribution is -2.47. The molecule has 2 aliphatic rings. The Morgan fingerprint density at radius 1 is 1.18 bits per heavy atom. The molecular formula is C22H25N3O3. The van der Waals surface area contributed by atoms with Crippen molar-refractivity contribution < 1.29 is 14.3 Å². The van der Waals surface area contributed by atoms with E-state index in [-0.39, 0.29) is 18.0 Å². The molecule has 0 aliphatic carbocycles. The van der Waals surface area contributed by atoms with Crippen LogP contribution in [0.25, 0.3) is 0 Å². The number of aryl methyl sites for hydroxylation is 1. The summed E-state index contributed by atoms with van der Waals surface area (Å²) in [5.41, 5.74) is 3.74. The van der Waals surface area contributed by atoms with Crippen LogP contribution in [-0.2, 0) is 4.79 Å². The number of nitrogens with zero attached hydrogens (tertiary/aromatic N) is 2. The van der Waals surface area contributed by atoms with E-state index in [0.717, 1.165) is 54.2 Å². The number of likely N-dealkylation sites (tertiary alicyclic amines) is 1. The Bertz CT molecular complexity index is 912. The van der Waals surface area contributed by atoms with Crippen molar-refractivity contribution in [2.45, 2.75) is 32.2 Å². The Labute approximate surface area is 165 Å². The van der Waals surface area contributed by atoms with Gasteiger partial charge in [0.1, 0.15) is 5.75 Å². The number of urea groups is 1. The number of methoxy groups -OCH3 is 1. The van der Waals surface area contributed by atoms with E-state index < -0.39 is 0 Å². The highest BCUT2D eigenvalue weighted by molar-refractivity contribution is 5.97. The van der Waals surface area contributed by atoms with E-state index in [4.69, 9.17) is 4.74 Å². The van der Waals surface area contributed by atoms with Crippen LogP contribution in [0.1, 0.15) is 36.4 Å². The predicted octanol–water partition coefficient (Wildman–Crippen LogP) is 4.11. The van der Waals surface area contributed by atoms with Crippen LogP contribution < -0.4 is 15.0 Å². The van der Waals surface area contributed by atoms with Crippen LogP contribution in [0.2, 0.25) is 0 Å². The largest absolute Gasteiger partial charge is 0.497 e. The monoisotopic (exact) mass is 379 g/mol. The van der Waals surface area contributed by atoms with E-state index >= 15 is 0 Å². The third-order valence-corrected chi connectivity index (χ3v) is 5.57. The minimum absolute atomic E-state index is 0.0673. The Morgan fingerprint density at radius 3 is 2.68 bits per heavy atom. The van der Waals surface area contributed by atoms with Crippen LogP contribution >= 0.6 is 0 Å². The van der Waals surface area contributed by atoms with E-state index in [1.54, 1.807) is 7.11 Å². The molecule has 146 valence electrons. The number of carbonyl (C=O) groups excluding carboxylic acids is 2. The Morgan fingerprint density at radius 2 is 2.04 bits per heavy atom. The molecule has 6 nitrogen and oxygen atoms in total. The molecule has 0 radical (unpaired) electrons. The Hall–Kier alpha value is -3.02. The number of hydrogen-bond donors (Lipinski definition) is 1. The second kappa shape index (κ2) is 7.54. The number of nitrogens with one attached hydrogen (secondary N) is 1.